The van der Waals surface area contributed by atoms with Crippen LogP contribution in [0.2, 0.25) is 5.02 Å². The van der Waals surface area contributed by atoms with E-state index < -0.39 is 23.6 Å². The van der Waals surface area contributed by atoms with Gasteiger partial charge >= 0.3 is 0 Å². The zero-order valence-corrected chi connectivity index (χ0v) is 18.1. The molecule has 1 amide bonds. The van der Waals surface area contributed by atoms with E-state index in [-0.39, 0.29) is 22.4 Å². The molecule has 3 aromatic rings. The summed E-state index contributed by atoms with van der Waals surface area (Å²) in [5.74, 6) is -1.78. The van der Waals surface area contributed by atoms with Crippen LogP contribution in [0.3, 0.4) is 0 Å². The molecule has 1 unspecified atom stereocenters. The molecule has 0 saturated carbocycles. The molecule has 164 valence electrons. The van der Waals surface area contributed by atoms with E-state index in [4.69, 9.17) is 11.6 Å². The Bertz CT molecular complexity index is 1200. The number of amides is 1. The monoisotopic (exact) mass is 454 g/mol. The number of hydrogen-bond acceptors (Lipinski definition) is 3. The maximum Gasteiger partial charge on any atom is 0.255 e. The van der Waals surface area contributed by atoms with E-state index in [1.54, 1.807) is 24.3 Å². The first-order valence-electron chi connectivity index (χ1n) is 9.70. The largest absolute Gasteiger partial charge is 0.345 e. The van der Waals surface area contributed by atoms with Crippen molar-refractivity contribution < 1.29 is 13.6 Å². The second-order valence-corrected chi connectivity index (χ2v) is 7.42. The Morgan fingerprint density at radius 1 is 1.28 bits per heavy atom. The highest BCUT2D eigenvalue weighted by atomic mass is 35.5. The molecule has 0 radical (unpaired) electrons. The van der Waals surface area contributed by atoms with Crippen LogP contribution < -0.4 is 5.32 Å². The highest BCUT2D eigenvalue weighted by molar-refractivity contribution is 6.30. The minimum absolute atomic E-state index is 0.0491. The number of benzene rings is 2. The third kappa shape index (κ3) is 5.00. The van der Waals surface area contributed by atoms with Gasteiger partial charge in [0.2, 0.25) is 0 Å². The fourth-order valence-electron chi connectivity index (χ4n) is 3.34. The standard InChI is InChI=1S/C24H21ClF2N4O/c1-4-17(28-5-2)12-21(15-7-6-8-16(25)11-15)30-24(32)18-13-29-31-23(18)22-14(3)19(26)9-10-20(22)27/h4-11,13,21H,1-2,12H2,3H3,(H,29,31)(H,30,32). The van der Waals surface area contributed by atoms with Crippen LogP contribution in [0, 0.1) is 18.6 Å². The smallest absolute Gasteiger partial charge is 0.255 e. The van der Waals surface area contributed by atoms with Crippen LogP contribution in [0.1, 0.15) is 33.9 Å². The van der Waals surface area contributed by atoms with E-state index in [0.29, 0.717) is 17.2 Å². The fraction of sp³-hybridized carbons (Fsp3) is 0.125. The van der Waals surface area contributed by atoms with Crippen LogP contribution in [-0.4, -0.2) is 21.8 Å². The van der Waals surface area contributed by atoms with Crippen molar-refractivity contribution in [1.29, 1.82) is 0 Å². The highest BCUT2D eigenvalue weighted by Crippen LogP contribution is 2.30. The van der Waals surface area contributed by atoms with Crippen LogP contribution in [0.15, 0.2) is 73.0 Å². The predicted molar refractivity (Wildman–Crippen MR) is 123 cm³/mol. The van der Waals surface area contributed by atoms with Gasteiger partial charge in [0.1, 0.15) is 11.6 Å². The fourth-order valence-corrected chi connectivity index (χ4v) is 3.53. The minimum atomic E-state index is -0.666. The van der Waals surface area contributed by atoms with E-state index in [0.717, 1.165) is 17.7 Å². The number of allylic oxidation sites excluding steroid dienone is 1. The van der Waals surface area contributed by atoms with Gasteiger partial charge in [-0.1, -0.05) is 36.9 Å². The minimum Gasteiger partial charge on any atom is -0.345 e. The summed E-state index contributed by atoms with van der Waals surface area (Å²) in [5.41, 5.74) is 1.53. The molecule has 0 saturated heterocycles. The first kappa shape index (κ1) is 23.1. The van der Waals surface area contributed by atoms with Gasteiger partial charge in [-0.3, -0.25) is 14.9 Å². The van der Waals surface area contributed by atoms with Crippen LogP contribution in [-0.2, 0) is 0 Å². The number of aliphatic imine (C=N–C) groups is 1. The molecule has 1 aromatic heterocycles. The Hall–Kier alpha value is -3.58. The van der Waals surface area contributed by atoms with Crippen molar-refractivity contribution in [2.45, 2.75) is 19.4 Å². The second kappa shape index (κ2) is 10.2. The predicted octanol–water partition coefficient (Wildman–Crippen LogP) is 5.95. The molecule has 1 heterocycles. The van der Waals surface area contributed by atoms with Crippen molar-refractivity contribution in [3.05, 3.63) is 101 Å². The number of H-pyrrole nitrogens is 1. The average Bonchev–Trinajstić information content (AvgIpc) is 3.25. The Kier molecular flexibility index (Phi) is 7.33. The second-order valence-electron chi connectivity index (χ2n) is 6.98. The third-order valence-electron chi connectivity index (χ3n) is 4.94. The van der Waals surface area contributed by atoms with E-state index >= 15 is 0 Å². The number of rotatable bonds is 8. The van der Waals surface area contributed by atoms with Crippen LogP contribution >= 0.6 is 11.6 Å². The van der Waals surface area contributed by atoms with E-state index in [9.17, 15) is 13.6 Å². The summed E-state index contributed by atoms with van der Waals surface area (Å²) < 4.78 is 28.6. The maximum atomic E-state index is 14.5. The van der Waals surface area contributed by atoms with Crippen molar-refractivity contribution in [3.63, 3.8) is 0 Å². The molecule has 0 fully saturated rings. The lowest BCUT2D eigenvalue weighted by Crippen LogP contribution is -2.30. The van der Waals surface area contributed by atoms with E-state index in [1.165, 1.54) is 19.3 Å². The summed E-state index contributed by atoms with van der Waals surface area (Å²) in [6, 6.07) is 8.56. The normalized spacial score (nSPS) is 12.3. The number of hydrogen-bond donors (Lipinski definition) is 2. The van der Waals surface area contributed by atoms with Crippen molar-refractivity contribution in [2.75, 3.05) is 0 Å². The molecule has 0 aliphatic heterocycles. The van der Waals surface area contributed by atoms with Gasteiger partial charge in [0.15, 0.2) is 0 Å². The summed E-state index contributed by atoms with van der Waals surface area (Å²) >= 11 is 6.14. The summed E-state index contributed by atoms with van der Waals surface area (Å²) in [5, 5.41) is 9.91. The van der Waals surface area contributed by atoms with Crippen LogP contribution in [0.5, 0.6) is 0 Å². The molecule has 2 aromatic carbocycles. The summed E-state index contributed by atoms with van der Waals surface area (Å²) in [4.78, 5) is 17.4. The zero-order chi connectivity index (χ0) is 23.3. The summed E-state index contributed by atoms with van der Waals surface area (Å²) in [6.45, 7) is 8.77. The molecular weight excluding hydrogens is 434 g/mol. The molecule has 0 aliphatic rings. The van der Waals surface area contributed by atoms with Gasteiger partial charge in [-0.05, 0) is 48.4 Å². The van der Waals surface area contributed by atoms with Crippen LogP contribution in [0.4, 0.5) is 8.78 Å². The number of nitrogens with one attached hydrogen (secondary N) is 2. The number of halogens is 3. The van der Waals surface area contributed by atoms with Crippen LogP contribution in [0.25, 0.3) is 11.3 Å². The molecule has 32 heavy (non-hydrogen) atoms. The quantitative estimate of drug-likeness (QED) is 0.413. The van der Waals surface area contributed by atoms with E-state index in [2.05, 4.69) is 33.7 Å². The molecule has 1 atom stereocenters. The van der Waals surface area contributed by atoms with Gasteiger partial charge in [0.05, 0.1) is 23.5 Å². The molecule has 8 heteroatoms. The Labute approximate surface area is 189 Å². The van der Waals surface area contributed by atoms with Crippen molar-refractivity contribution >= 4 is 23.2 Å². The molecule has 0 spiro atoms. The average molecular weight is 455 g/mol. The topological polar surface area (TPSA) is 70.1 Å². The van der Waals surface area contributed by atoms with Gasteiger partial charge in [0.25, 0.3) is 5.91 Å². The maximum absolute atomic E-state index is 14.5. The first-order chi connectivity index (χ1) is 15.3. The van der Waals surface area contributed by atoms with Gasteiger partial charge in [-0.15, -0.1) is 0 Å². The Balaban J connectivity index is 1.99. The molecule has 2 N–H and O–H groups in total. The lowest BCUT2D eigenvalue weighted by atomic mass is 9.98. The molecular formula is C24H21ClF2N4O. The molecule has 5 nitrogen and oxygen atoms in total. The Morgan fingerprint density at radius 2 is 2.03 bits per heavy atom. The van der Waals surface area contributed by atoms with Gasteiger partial charge in [0, 0.05) is 28.9 Å². The number of nitrogens with zero attached hydrogens (tertiary/aromatic N) is 2. The highest BCUT2D eigenvalue weighted by Gasteiger charge is 2.24. The third-order valence-corrected chi connectivity index (χ3v) is 5.18. The molecule has 0 bridgehead atoms. The van der Waals surface area contributed by atoms with Crippen molar-refractivity contribution in [3.8, 4) is 11.3 Å². The molecule has 3 rings (SSSR count). The van der Waals surface area contributed by atoms with Crippen molar-refractivity contribution in [1.82, 2.24) is 15.5 Å². The summed E-state index contributed by atoms with van der Waals surface area (Å²) in [7, 11) is 0. The van der Waals surface area contributed by atoms with Gasteiger partial charge in [-0.2, -0.15) is 5.10 Å². The van der Waals surface area contributed by atoms with Gasteiger partial charge < -0.3 is 5.32 Å². The zero-order valence-electron chi connectivity index (χ0n) is 17.3. The summed E-state index contributed by atoms with van der Waals surface area (Å²) in [6.07, 6.45) is 4.54. The number of aromatic amines is 1. The van der Waals surface area contributed by atoms with Gasteiger partial charge in [-0.25, -0.2) is 8.78 Å². The lowest BCUT2D eigenvalue weighted by molar-refractivity contribution is 0.0938. The number of carbonyl (C=O) groups excluding carboxylic acids is 1. The lowest BCUT2D eigenvalue weighted by Gasteiger charge is -2.20. The molecule has 0 aliphatic carbocycles. The Morgan fingerprint density at radius 3 is 2.72 bits per heavy atom. The van der Waals surface area contributed by atoms with Crippen molar-refractivity contribution in [2.24, 2.45) is 4.99 Å². The number of carbonyl (C=O) groups is 1. The first-order valence-corrected chi connectivity index (χ1v) is 10.1. The number of aromatic nitrogens is 2. The SMILES string of the molecule is C=CN=C(C=C)CC(NC(=O)c1cn[nH]c1-c1c(F)ccc(F)c1C)c1cccc(Cl)c1. The van der Waals surface area contributed by atoms with E-state index in [1.807, 2.05) is 6.07 Å².